The highest BCUT2D eigenvalue weighted by Crippen LogP contribution is 2.17. The second kappa shape index (κ2) is 3.21. The summed E-state index contributed by atoms with van der Waals surface area (Å²) in [6.07, 6.45) is -0.520. The highest BCUT2D eigenvalue weighted by Gasteiger charge is 2.08. The van der Waals surface area contributed by atoms with Crippen molar-refractivity contribution in [2.45, 2.75) is 13.0 Å². The SMILES string of the molecule is Cc1ccc(C(O)CBr)o1. The lowest BCUT2D eigenvalue weighted by atomic mass is 10.3. The summed E-state index contributed by atoms with van der Waals surface area (Å²) < 4.78 is 5.16. The molecule has 0 saturated heterocycles. The first kappa shape index (κ1) is 7.82. The molecule has 1 rings (SSSR count). The summed E-state index contributed by atoms with van der Waals surface area (Å²) in [5.41, 5.74) is 0. The molecule has 10 heavy (non-hydrogen) atoms. The van der Waals surface area contributed by atoms with Crippen molar-refractivity contribution in [3.8, 4) is 0 Å². The van der Waals surface area contributed by atoms with Crippen LogP contribution in [-0.4, -0.2) is 10.4 Å². The van der Waals surface area contributed by atoms with E-state index >= 15 is 0 Å². The van der Waals surface area contributed by atoms with Crippen LogP contribution in [0.4, 0.5) is 0 Å². The van der Waals surface area contributed by atoms with E-state index in [-0.39, 0.29) is 0 Å². The van der Waals surface area contributed by atoms with Gasteiger partial charge >= 0.3 is 0 Å². The van der Waals surface area contributed by atoms with Crippen LogP contribution in [-0.2, 0) is 0 Å². The zero-order chi connectivity index (χ0) is 7.56. The summed E-state index contributed by atoms with van der Waals surface area (Å²) in [5, 5.41) is 9.72. The molecule has 0 fully saturated rings. The fourth-order valence-electron chi connectivity index (χ4n) is 0.709. The molecule has 1 atom stereocenters. The van der Waals surface area contributed by atoms with Crippen molar-refractivity contribution in [2.75, 3.05) is 5.33 Å². The van der Waals surface area contributed by atoms with Gasteiger partial charge in [0.05, 0.1) is 0 Å². The van der Waals surface area contributed by atoms with E-state index in [0.717, 1.165) is 5.76 Å². The van der Waals surface area contributed by atoms with Gasteiger partial charge in [0, 0.05) is 5.33 Å². The van der Waals surface area contributed by atoms with Crippen molar-refractivity contribution in [3.63, 3.8) is 0 Å². The maximum atomic E-state index is 9.20. The third kappa shape index (κ3) is 1.61. The lowest BCUT2D eigenvalue weighted by Gasteiger charge is -2.00. The van der Waals surface area contributed by atoms with Gasteiger partial charge in [0.2, 0.25) is 0 Å². The van der Waals surface area contributed by atoms with Crippen molar-refractivity contribution in [1.29, 1.82) is 0 Å². The average Bonchev–Trinajstić information content (AvgIpc) is 2.34. The van der Waals surface area contributed by atoms with Gasteiger partial charge in [-0.25, -0.2) is 0 Å². The Hall–Kier alpha value is -0.280. The molecule has 0 bridgehead atoms. The van der Waals surface area contributed by atoms with Crippen molar-refractivity contribution in [1.82, 2.24) is 0 Å². The van der Waals surface area contributed by atoms with Gasteiger partial charge in [-0.05, 0) is 19.1 Å². The Bertz CT molecular complexity index is 207. The Morgan fingerprint density at radius 2 is 2.40 bits per heavy atom. The Kier molecular flexibility index (Phi) is 2.51. The topological polar surface area (TPSA) is 33.4 Å². The van der Waals surface area contributed by atoms with Crippen molar-refractivity contribution in [3.05, 3.63) is 23.7 Å². The summed E-state index contributed by atoms with van der Waals surface area (Å²) in [6, 6.07) is 3.61. The van der Waals surface area contributed by atoms with E-state index in [0.29, 0.717) is 11.1 Å². The summed E-state index contributed by atoms with van der Waals surface area (Å²) >= 11 is 3.15. The predicted molar refractivity (Wildman–Crippen MR) is 42.2 cm³/mol. The Morgan fingerprint density at radius 1 is 1.70 bits per heavy atom. The molecule has 0 aliphatic carbocycles. The third-order valence-electron chi connectivity index (χ3n) is 1.24. The van der Waals surface area contributed by atoms with Crippen LogP contribution < -0.4 is 0 Å². The van der Waals surface area contributed by atoms with E-state index < -0.39 is 6.10 Å². The molecule has 2 nitrogen and oxygen atoms in total. The largest absolute Gasteiger partial charge is 0.464 e. The highest BCUT2D eigenvalue weighted by molar-refractivity contribution is 9.09. The summed E-state index contributed by atoms with van der Waals surface area (Å²) in [6.45, 7) is 1.85. The molecule has 3 heteroatoms. The number of aliphatic hydroxyl groups excluding tert-OH is 1. The molecule has 0 radical (unpaired) electrons. The standard InChI is InChI=1S/C7H9BrO2/c1-5-2-3-7(10-5)6(9)4-8/h2-3,6,9H,4H2,1H3. The predicted octanol–water partition coefficient (Wildman–Crippen LogP) is 2.02. The van der Waals surface area contributed by atoms with Crippen molar-refractivity contribution >= 4 is 15.9 Å². The molecule has 1 N–H and O–H groups in total. The Labute approximate surface area is 68.0 Å². The lowest BCUT2D eigenvalue weighted by molar-refractivity contribution is 0.173. The first-order valence-corrected chi connectivity index (χ1v) is 4.16. The van der Waals surface area contributed by atoms with E-state index in [1.165, 1.54) is 0 Å². The monoisotopic (exact) mass is 204 g/mol. The first-order chi connectivity index (χ1) is 4.74. The van der Waals surface area contributed by atoms with Gasteiger partial charge in [0.15, 0.2) is 0 Å². The molecule has 1 aromatic heterocycles. The fourth-order valence-corrected chi connectivity index (χ4v) is 1.03. The minimum atomic E-state index is -0.520. The van der Waals surface area contributed by atoms with Gasteiger partial charge < -0.3 is 9.52 Å². The quantitative estimate of drug-likeness (QED) is 0.749. The van der Waals surface area contributed by atoms with Crippen LogP contribution in [0.5, 0.6) is 0 Å². The molecule has 1 heterocycles. The number of hydrogen-bond acceptors (Lipinski definition) is 2. The Balaban J connectivity index is 2.74. The maximum Gasteiger partial charge on any atom is 0.133 e. The molecule has 0 saturated carbocycles. The number of hydrogen-bond donors (Lipinski definition) is 1. The van der Waals surface area contributed by atoms with Gasteiger partial charge in [-0.15, -0.1) is 0 Å². The van der Waals surface area contributed by atoms with Gasteiger partial charge in [0.1, 0.15) is 17.6 Å². The first-order valence-electron chi connectivity index (χ1n) is 3.04. The van der Waals surface area contributed by atoms with E-state index in [9.17, 15) is 5.11 Å². The normalized spacial score (nSPS) is 13.5. The molecule has 1 aromatic rings. The Morgan fingerprint density at radius 3 is 2.80 bits per heavy atom. The highest BCUT2D eigenvalue weighted by atomic mass is 79.9. The lowest BCUT2D eigenvalue weighted by Crippen LogP contribution is -1.94. The zero-order valence-corrected chi connectivity index (χ0v) is 7.26. The van der Waals surface area contributed by atoms with Crippen LogP contribution in [0.3, 0.4) is 0 Å². The maximum absolute atomic E-state index is 9.20. The molecule has 1 unspecified atom stereocenters. The second-order valence-corrected chi connectivity index (χ2v) is 2.77. The van der Waals surface area contributed by atoms with Crippen LogP contribution >= 0.6 is 15.9 Å². The molecule has 56 valence electrons. The molecular formula is C7H9BrO2. The molecule has 0 spiro atoms. The summed E-state index contributed by atoms with van der Waals surface area (Å²) in [5.74, 6) is 1.45. The molecule has 0 aliphatic rings. The number of alkyl halides is 1. The van der Waals surface area contributed by atoms with E-state index in [1.54, 1.807) is 6.07 Å². The minimum Gasteiger partial charge on any atom is -0.464 e. The van der Waals surface area contributed by atoms with E-state index in [2.05, 4.69) is 15.9 Å². The molecule has 0 amide bonds. The van der Waals surface area contributed by atoms with E-state index in [4.69, 9.17) is 4.42 Å². The van der Waals surface area contributed by atoms with Crippen LogP contribution in [0.25, 0.3) is 0 Å². The number of rotatable bonds is 2. The minimum absolute atomic E-state index is 0.514. The smallest absolute Gasteiger partial charge is 0.133 e. The van der Waals surface area contributed by atoms with Crippen LogP contribution in [0.1, 0.15) is 17.6 Å². The average molecular weight is 205 g/mol. The summed E-state index contributed by atoms with van der Waals surface area (Å²) in [7, 11) is 0. The molecular weight excluding hydrogens is 196 g/mol. The number of aryl methyl sites for hydroxylation is 1. The van der Waals surface area contributed by atoms with Crippen LogP contribution in [0.2, 0.25) is 0 Å². The molecule has 0 aliphatic heterocycles. The van der Waals surface area contributed by atoms with Crippen LogP contribution in [0, 0.1) is 6.92 Å². The van der Waals surface area contributed by atoms with Gasteiger partial charge in [-0.3, -0.25) is 0 Å². The number of halogens is 1. The second-order valence-electron chi connectivity index (χ2n) is 2.12. The summed E-state index contributed by atoms with van der Waals surface area (Å²) in [4.78, 5) is 0. The zero-order valence-electron chi connectivity index (χ0n) is 5.67. The van der Waals surface area contributed by atoms with Crippen molar-refractivity contribution in [2.24, 2.45) is 0 Å². The number of aliphatic hydroxyl groups is 1. The third-order valence-corrected chi connectivity index (χ3v) is 1.85. The van der Waals surface area contributed by atoms with Gasteiger partial charge in [-0.2, -0.15) is 0 Å². The van der Waals surface area contributed by atoms with Crippen molar-refractivity contribution < 1.29 is 9.52 Å². The van der Waals surface area contributed by atoms with Crippen LogP contribution in [0.15, 0.2) is 16.5 Å². The fraction of sp³-hybridized carbons (Fsp3) is 0.429. The van der Waals surface area contributed by atoms with E-state index in [1.807, 2.05) is 13.0 Å². The van der Waals surface area contributed by atoms with Gasteiger partial charge in [-0.1, -0.05) is 15.9 Å². The van der Waals surface area contributed by atoms with Gasteiger partial charge in [0.25, 0.3) is 0 Å². The molecule has 0 aromatic carbocycles. The number of furan rings is 1.